The van der Waals surface area contributed by atoms with Crippen LogP contribution in [0.4, 0.5) is 0 Å². The number of nitrogens with one attached hydrogen (secondary N) is 3. The van der Waals surface area contributed by atoms with Crippen molar-refractivity contribution >= 4 is 47.4 Å². The smallest absolute Gasteiger partial charge is 0.225 e. The van der Waals surface area contributed by atoms with Crippen LogP contribution in [0, 0.1) is 5.41 Å². The molecule has 1 rings (SSSR count). The average molecular weight is 467 g/mol. The number of rotatable bonds is 6. The Morgan fingerprint density at radius 3 is 2.12 bits per heavy atom. The van der Waals surface area contributed by atoms with Crippen LogP contribution in [0.3, 0.4) is 0 Å². The molecule has 0 aliphatic carbocycles. The first-order chi connectivity index (χ1) is 10.8. The zero-order chi connectivity index (χ0) is 17.3. The quantitative estimate of drug-likeness (QED) is 0.261. The predicted molar refractivity (Wildman–Crippen MR) is 112 cm³/mol. The number of halogens is 2. The van der Waals surface area contributed by atoms with E-state index >= 15 is 0 Å². The SMILES string of the molecule is CN=C(NCCNC(=O)C(C)(C)C)NCCc1ccc(Cl)cc1.I. The van der Waals surface area contributed by atoms with Crippen LogP contribution in [0.1, 0.15) is 26.3 Å². The molecule has 1 amide bonds. The lowest BCUT2D eigenvalue weighted by Crippen LogP contribution is -2.43. The summed E-state index contributed by atoms with van der Waals surface area (Å²) in [4.78, 5) is 15.9. The zero-order valence-electron chi connectivity index (χ0n) is 14.8. The highest BCUT2D eigenvalue weighted by molar-refractivity contribution is 14.0. The maximum absolute atomic E-state index is 11.7. The summed E-state index contributed by atoms with van der Waals surface area (Å²) in [5.74, 6) is 0.772. The molecule has 0 aliphatic heterocycles. The topological polar surface area (TPSA) is 65.5 Å². The largest absolute Gasteiger partial charge is 0.356 e. The second kappa shape index (κ2) is 11.5. The first kappa shape index (κ1) is 23.0. The molecule has 0 saturated carbocycles. The minimum absolute atomic E-state index is 0. The molecule has 3 N–H and O–H groups in total. The van der Waals surface area contributed by atoms with Gasteiger partial charge in [0.2, 0.25) is 5.91 Å². The molecule has 1 aromatic carbocycles. The van der Waals surface area contributed by atoms with Crippen molar-refractivity contribution in [3.05, 3.63) is 34.9 Å². The molecule has 0 radical (unpaired) electrons. The molecule has 0 unspecified atom stereocenters. The molecule has 0 saturated heterocycles. The number of carbonyl (C=O) groups is 1. The first-order valence-electron chi connectivity index (χ1n) is 7.80. The highest BCUT2D eigenvalue weighted by Crippen LogP contribution is 2.11. The van der Waals surface area contributed by atoms with E-state index in [4.69, 9.17) is 11.6 Å². The van der Waals surface area contributed by atoms with Crippen molar-refractivity contribution in [2.45, 2.75) is 27.2 Å². The summed E-state index contributed by atoms with van der Waals surface area (Å²) in [5, 5.41) is 10.1. The lowest BCUT2D eigenvalue weighted by molar-refractivity contribution is -0.128. The van der Waals surface area contributed by atoms with Gasteiger partial charge in [-0.3, -0.25) is 9.79 Å². The average Bonchev–Trinajstić information content (AvgIpc) is 2.50. The van der Waals surface area contributed by atoms with Gasteiger partial charge in [0.05, 0.1) is 0 Å². The van der Waals surface area contributed by atoms with E-state index < -0.39 is 0 Å². The third kappa shape index (κ3) is 9.32. The third-order valence-corrected chi connectivity index (χ3v) is 3.48. The Labute approximate surface area is 167 Å². The summed E-state index contributed by atoms with van der Waals surface area (Å²) in [6, 6.07) is 7.81. The van der Waals surface area contributed by atoms with Crippen LogP contribution in [-0.4, -0.2) is 38.5 Å². The number of benzene rings is 1. The van der Waals surface area contributed by atoms with Gasteiger partial charge in [0, 0.05) is 37.1 Å². The van der Waals surface area contributed by atoms with E-state index in [9.17, 15) is 4.79 Å². The fourth-order valence-electron chi connectivity index (χ4n) is 1.82. The Morgan fingerprint density at radius 2 is 1.58 bits per heavy atom. The van der Waals surface area contributed by atoms with Gasteiger partial charge in [0.15, 0.2) is 5.96 Å². The van der Waals surface area contributed by atoms with Crippen molar-refractivity contribution < 1.29 is 4.79 Å². The molecular formula is C17H28ClIN4O. The van der Waals surface area contributed by atoms with Gasteiger partial charge in [-0.15, -0.1) is 24.0 Å². The number of carbonyl (C=O) groups excluding carboxylic acids is 1. The van der Waals surface area contributed by atoms with E-state index in [2.05, 4.69) is 20.9 Å². The summed E-state index contributed by atoms with van der Waals surface area (Å²) in [5.41, 5.74) is 0.855. The summed E-state index contributed by atoms with van der Waals surface area (Å²) >= 11 is 5.87. The molecule has 0 aliphatic rings. The fourth-order valence-corrected chi connectivity index (χ4v) is 1.95. The van der Waals surface area contributed by atoms with Gasteiger partial charge in [-0.25, -0.2) is 0 Å². The standard InChI is InChI=1S/C17H27ClN4O.HI/c1-17(2,3)15(23)20-11-12-22-16(19-4)21-10-9-13-5-7-14(18)8-6-13;/h5-8H,9-12H2,1-4H3,(H,20,23)(H2,19,21,22);1H. The summed E-state index contributed by atoms with van der Waals surface area (Å²) in [7, 11) is 1.73. The summed E-state index contributed by atoms with van der Waals surface area (Å²) in [6.07, 6.45) is 0.888. The lowest BCUT2D eigenvalue weighted by atomic mass is 9.96. The monoisotopic (exact) mass is 466 g/mol. The molecule has 1 aromatic rings. The number of nitrogens with zero attached hydrogens (tertiary/aromatic N) is 1. The maximum Gasteiger partial charge on any atom is 0.225 e. The highest BCUT2D eigenvalue weighted by atomic mass is 127. The fraction of sp³-hybridized carbons (Fsp3) is 0.529. The minimum atomic E-state index is -0.363. The first-order valence-corrected chi connectivity index (χ1v) is 8.18. The Kier molecular flexibility index (Phi) is 11.0. The number of hydrogen-bond acceptors (Lipinski definition) is 2. The van der Waals surface area contributed by atoms with Crippen molar-refractivity contribution in [2.24, 2.45) is 10.4 Å². The van der Waals surface area contributed by atoms with E-state index in [1.165, 1.54) is 5.56 Å². The van der Waals surface area contributed by atoms with E-state index in [0.29, 0.717) is 13.1 Å². The second-order valence-corrected chi connectivity index (χ2v) is 6.74. The zero-order valence-corrected chi connectivity index (χ0v) is 17.9. The van der Waals surface area contributed by atoms with E-state index in [1.807, 2.05) is 45.0 Å². The Balaban J connectivity index is 0.00000529. The summed E-state index contributed by atoms with van der Waals surface area (Å²) in [6.45, 7) is 7.65. The van der Waals surface area contributed by atoms with Crippen LogP contribution in [0.5, 0.6) is 0 Å². The van der Waals surface area contributed by atoms with E-state index in [-0.39, 0.29) is 35.3 Å². The van der Waals surface area contributed by atoms with Gasteiger partial charge in [-0.1, -0.05) is 44.5 Å². The lowest BCUT2D eigenvalue weighted by Gasteiger charge is -2.18. The number of guanidine groups is 1. The maximum atomic E-state index is 11.7. The van der Waals surface area contributed by atoms with Crippen LogP contribution < -0.4 is 16.0 Å². The van der Waals surface area contributed by atoms with Crippen molar-refractivity contribution in [1.82, 2.24) is 16.0 Å². The van der Waals surface area contributed by atoms with Crippen LogP contribution in [-0.2, 0) is 11.2 Å². The Bertz CT molecular complexity index is 526. The molecule has 7 heteroatoms. The second-order valence-electron chi connectivity index (χ2n) is 6.31. The Hall–Kier alpha value is -1.02. The molecule has 0 bridgehead atoms. The molecule has 0 spiro atoms. The van der Waals surface area contributed by atoms with Crippen molar-refractivity contribution in [3.8, 4) is 0 Å². The molecule has 0 fully saturated rings. The third-order valence-electron chi connectivity index (χ3n) is 3.23. The molecule has 5 nitrogen and oxygen atoms in total. The van der Waals surface area contributed by atoms with Gasteiger partial charge in [0.1, 0.15) is 0 Å². The summed E-state index contributed by atoms with van der Waals surface area (Å²) < 4.78 is 0. The van der Waals surface area contributed by atoms with Crippen LogP contribution in [0.25, 0.3) is 0 Å². The van der Waals surface area contributed by atoms with Crippen molar-refractivity contribution in [2.75, 3.05) is 26.7 Å². The van der Waals surface area contributed by atoms with Crippen molar-refractivity contribution in [1.29, 1.82) is 0 Å². The van der Waals surface area contributed by atoms with Gasteiger partial charge < -0.3 is 16.0 Å². The number of hydrogen-bond donors (Lipinski definition) is 3. The molecule has 136 valence electrons. The van der Waals surface area contributed by atoms with E-state index in [1.54, 1.807) is 7.05 Å². The van der Waals surface area contributed by atoms with Gasteiger partial charge in [-0.2, -0.15) is 0 Å². The molecule has 0 atom stereocenters. The minimum Gasteiger partial charge on any atom is -0.356 e. The Morgan fingerprint density at radius 1 is 1.04 bits per heavy atom. The molecular weight excluding hydrogens is 439 g/mol. The van der Waals surface area contributed by atoms with Crippen molar-refractivity contribution in [3.63, 3.8) is 0 Å². The number of amides is 1. The van der Waals surface area contributed by atoms with Crippen LogP contribution >= 0.6 is 35.6 Å². The number of aliphatic imine (C=N–C) groups is 1. The predicted octanol–water partition coefficient (Wildman–Crippen LogP) is 2.83. The highest BCUT2D eigenvalue weighted by Gasteiger charge is 2.20. The molecule has 0 aromatic heterocycles. The molecule has 0 heterocycles. The van der Waals surface area contributed by atoms with Crippen LogP contribution in [0.2, 0.25) is 5.02 Å². The normalized spacial score (nSPS) is 11.5. The molecule has 24 heavy (non-hydrogen) atoms. The van der Waals surface area contributed by atoms with Gasteiger partial charge in [-0.05, 0) is 24.1 Å². The van der Waals surface area contributed by atoms with Gasteiger partial charge >= 0.3 is 0 Å². The van der Waals surface area contributed by atoms with E-state index in [0.717, 1.165) is 23.9 Å². The van der Waals surface area contributed by atoms with Crippen LogP contribution in [0.15, 0.2) is 29.3 Å². The van der Waals surface area contributed by atoms with Gasteiger partial charge in [0.25, 0.3) is 0 Å².